The number of allylic oxidation sites excluding steroid dienone is 2. The molecule has 2 aliphatic rings. The van der Waals surface area contributed by atoms with Crippen LogP contribution >= 0.6 is 0 Å². The molecule has 0 heterocycles. The van der Waals surface area contributed by atoms with Gasteiger partial charge in [0, 0.05) is 11.8 Å². The molecular weight excluding hydrogens is 252 g/mol. The minimum atomic E-state index is -0.876. The minimum absolute atomic E-state index is 0.0431. The molecule has 0 aliphatic heterocycles. The number of aryl methyl sites for hydroxylation is 1. The van der Waals surface area contributed by atoms with E-state index in [0.29, 0.717) is 12.0 Å². The first-order valence-electron chi connectivity index (χ1n) is 7.17. The lowest BCUT2D eigenvalue weighted by molar-refractivity contribution is -0.115. The van der Waals surface area contributed by atoms with E-state index in [1.807, 2.05) is 18.2 Å². The maximum atomic E-state index is 11.7. The molecule has 20 heavy (non-hydrogen) atoms. The van der Waals surface area contributed by atoms with Crippen molar-refractivity contribution in [3.63, 3.8) is 0 Å². The van der Waals surface area contributed by atoms with Crippen molar-refractivity contribution in [2.75, 3.05) is 0 Å². The van der Waals surface area contributed by atoms with Crippen molar-refractivity contribution >= 4 is 11.8 Å². The lowest BCUT2D eigenvalue weighted by atomic mass is 9.60. The van der Waals surface area contributed by atoms with Crippen molar-refractivity contribution in [1.29, 1.82) is 0 Å². The summed E-state index contributed by atoms with van der Waals surface area (Å²) < 4.78 is 0. The smallest absolute Gasteiger partial charge is 0.335 e. The Morgan fingerprint density at radius 2 is 2.10 bits per heavy atom. The van der Waals surface area contributed by atoms with Crippen LogP contribution in [0.3, 0.4) is 0 Å². The van der Waals surface area contributed by atoms with Gasteiger partial charge in [0.1, 0.15) is 0 Å². The summed E-state index contributed by atoms with van der Waals surface area (Å²) in [7, 11) is 0. The number of hydrogen-bond acceptors (Lipinski definition) is 2. The number of rotatable bonds is 2. The Kier molecular flexibility index (Phi) is 3.00. The molecule has 0 aromatic heterocycles. The molecule has 0 bridgehead atoms. The van der Waals surface area contributed by atoms with E-state index < -0.39 is 5.97 Å². The number of carboxylic acids is 1. The van der Waals surface area contributed by atoms with Gasteiger partial charge in [-0.25, -0.2) is 4.79 Å². The van der Waals surface area contributed by atoms with Crippen LogP contribution in [0.1, 0.15) is 54.1 Å². The number of aromatic carboxylic acids is 1. The molecule has 104 valence electrons. The van der Waals surface area contributed by atoms with Gasteiger partial charge in [-0.3, -0.25) is 4.79 Å². The summed E-state index contributed by atoms with van der Waals surface area (Å²) in [5.74, 6) is -0.645. The first kappa shape index (κ1) is 13.1. The van der Waals surface area contributed by atoms with Gasteiger partial charge in [0.05, 0.1) is 5.56 Å². The van der Waals surface area contributed by atoms with Crippen molar-refractivity contribution in [3.8, 4) is 0 Å². The van der Waals surface area contributed by atoms with Gasteiger partial charge >= 0.3 is 5.97 Å². The summed E-state index contributed by atoms with van der Waals surface area (Å²) in [6.07, 6.45) is 5.95. The quantitative estimate of drug-likeness (QED) is 0.897. The van der Waals surface area contributed by atoms with Gasteiger partial charge in [-0.05, 0) is 55.0 Å². The molecule has 0 saturated heterocycles. The summed E-state index contributed by atoms with van der Waals surface area (Å²) in [4.78, 5) is 22.8. The Bertz CT molecular complexity index is 627. The lowest BCUT2D eigenvalue weighted by Gasteiger charge is -2.43. The van der Waals surface area contributed by atoms with E-state index in [4.69, 9.17) is 5.11 Å². The SMILES string of the molecule is CCC12CCC(=O)C=C1CCc1cc(C(=O)O)ccc12. The van der Waals surface area contributed by atoms with E-state index in [-0.39, 0.29) is 11.2 Å². The van der Waals surface area contributed by atoms with Crippen LogP contribution in [0, 0.1) is 0 Å². The van der Waals surface area contributed by atoms with Gasteiger partial charge in [-0.1, -0.05) is 18.6 Å². The molecular formula is C17H18O3. The molecule has 0 saturated carbocycles. The van der Waals surface area contributed by atoms with Crippen molar-refractivity contribution < 1.29 is 14.7 Å². The second kappa shape index (κ2) is 4.58. The van der Waals surface area contributed by atoms with Crippen LogP contribution in [0.4, 0.5) is 0 Å². The molecule has 1 atom stereocenters. The van der Waals surface area contributed by atoms with E-state index in [2.05, 4.69) is 6.92 Å². The average molecular weight is 270 g/mol. The first-order chi connectivity index (χ1) is 9.56. The number of fused-ring (bicyclic) bond motifs is 3. The average Bonchev–Trinajstić information content (AvgIpc) is 2.46. The molecule has 0 fully saturated rings. The van der Waals surface area contributed by atoms with E-state index in [0.717, 1.165) is 31.2 Å². The highest BCUT2D eigenvalue weighted by atomic mass is 16.4. The number of benzene rings is 1. The lowest BCUT2D eigenvalue weighted by Crippen LogP contribution is -2.36. The van der Waals surface area contributed by atoms with Gasteiger partial charge < -0.3 is 5.11 Å². The minimum Gasteiger partial charge on any atom is -0.478 e. The third-order valence-electron chi connectivity index (χ3n) is 4.88. The Hall–Kier alpha value is -1.90. The van der Waals surface area contributed by atoms with Gasteiger partial charge in [-0.2, -0.15) is 0 Å². The summed E-state index contributed by atoms with van der Waals surface area (Å²) >= 11 is 0. The standard InChI is InChI=1S/C17H18O3/c1-2-17-8-7-14(18)10-13(17)5-3-11-9-12(16(19)20)4-6-15(11)17/h4,6,9-10H,2-3,5,7-8H2,1H3,(H,19,20). The Morgan fingerprint density at radius 1 is 1.30 bits per heavy atom. The third kappa shape index (κ3) is 1.80. The monoisotopic (exact) mass is 270 g/mol. The van der Waals surface area contributed by atoms with E-state index in [1.165, 1.54) is 11.1 Å². The van der Waals surface area contributed by atoms with Crippen molar-refractivity contribution in [3.05, 3.63) is 46.5 Å². The molecule has 0 spiro atoms. The maximum absolute atomic E-state index is 11.7. The van der Waals surface area contributed by atoms with Crippen LogP contribution in [0.15, 0.2) is 29.8 Å². The van der Waals surface area contributed by atoms with E-state index in [1.54, 1.807) is 6.07 Å². The molecule has 1 N–H and O–H groups in total. The normalized spacial score (nSPS) is 24.6. The van der Waals surface area contributed by atoms with Crippen LogP contribution in [0.2, 0.25) is 0 Å². The van der Waals surface area contributed by atoms with Crippen molar-refractivity contribution in [2.45, 2.75) is 44.4 Å². The zero-order valence-corrected chi connectivity index (χ0v) is 11.6. The molecule has 0 amide bonds. The van der Waals surface area contributed by atoms with Gasteiger partial charge in [0.2, 0.25) is 0 Å². The second-order valence-corrected chi connectivity index (χ2v) is 5.75. The topological polar surface area (TPSA) is 54.4 Å². The van der Waals surface area contributed by atoms with Crippen LogP contribution in [-0.2, 0) is 16.6 Å². The van der Waals surface area contributed by atoms with Crippen molar-refractivity contribution in [2.24, 2.45) is 0 Å². The highest BCUT2D eigenvalue weighted by Gasteiger charge is 2.41. The van der Waals surface area contributed by atoms with E-state index >= 15 is 0 Å². The summed E-state index contributed by atoms with van der Waals surface area (Å²) in [5, 5.41) is 9.12. The predicted molar refractivity (Wildman–Crippen MR) is 76.0 cm³/mol. The zero-order valence-electron chi connectivity index (χ0n) is 11.6. The summed E-state index contributed by atoms with van der Waals surface area (Å²) in [6, 6.07) is 5.46. The molecule has 3 nitrogen and oxygen atoms in total. The highest BCUT2D eigenvalue weighted by molar-refractivity contribution is 5.92. The zero-order chi connectivity index (χ0) is 14.3. The van der Waals surface area contributed by atoms with Crippen LogP contribution in [-0.4, -0.2) is 16.9 Å². The summed E-state index contributed by atoms with van der Waals surface area (Å²) in [5.41, 5.74) is 3.92. The van der Waals surface area contributed by atoms with Crippen LogP contribution in [0.5, 0.6) is 0 Å². The van der Waals surface area contributed by atoms with Gasteiger partial charge in [-0.15, -0.1) is 0 Å². The fourth-order valence-electron chi connectivity index (χ4n) is 3.78. The molecule has 1 aromatic carbocycles. The molecule has 1 aromatic rings. The molecule has 3 heteroatoms. The Labute approximate surface area is 118 Å². The predicted octanol–water partition coefficient (Wildman–Crippen LogP) is 3.27. The number of ketones is 1. The highest BCUT2D eigenvalue weighted by Crippen LogP contribution is 2.49. The van der Waals surface area contributed by atoms with Gasteiger partial charge in [0.25, 0.3) is 0 Å². The number of hydrogen-bond donors (Lipinski definition) is 1. The van der Waals surface area contributed by atoms with Crippen LogP contribution < -0.4 is 0 Å². The second-order valence-electron chi connectivity index (χ2n) is 5.75. The maximum Gasteiger partial charge on any atom is 0.335 e. The number of carboxylic acid groups (broad SMARTS) is 1. The van der Waals surface area contributed by atoms with Crippen LogP contribution in [0.25, 0.3) is 0 Å². The molecule has 2 aliphatic carbocycles. The van der Waals surface area contributed by atoms with Gasteiger partial charge in [0.15, 0.2) is 5.78 Å². The van der Waals surface area contributed by atoms with Crippen molar-refractivity contribution in [1.82, 2.24) is 0 Å². The number of carbonyl (C=O) groups excluding carboxylic acids is 1. The summed E-state index contributed by atoms with van der Waals surface area (Å²) in [6.45, 7) is 2.16. The largest absolute Gasteiger partial charge is 0.478 e. The first-order valence-corrected chi connectivity index (χ1v) is 7.17. The third-order valence-corrected chi connectivity index (χ3v) is 4.88. The fraction of sp³-hybridized carbons (Fsp3) is 0.412. The Balaban J connectivity index is 2.16. The molecule has 1 unspecified atom stereocenters. The fourth-order valence-corrected chi connectivity index (χ4v) is 3.78. The van der Waals surface area contributed by atoms with E-state index in [9.17, 15) is 9.59 Å². The molecule has 3 rings (SSSR count). The molecule has 0 radical (unpaired) electrons. The Morgan fingerprint density at radius 3 is 2.80 bits per heavy atom. The number of carbonyl (C=O) groups is 2.